The van der Waals surface area contributed by atoms with Crippen molar-refractivity contribution in [2.75, 3.05) is 13.1 Å². The highest BCUT2D eigenvalue weighted by Crippen LogP contribution is 2.28. The Labute approximate surface area is 60.3 Å². The summed E-state index contributed by atoms with van der Waals surface area (Å²) in [6.07, 6.45) is 3.66. The van der Waals surface area contributed by atoms with Gasteiger partial charge < -0.3 is 5.21 Å². The van der Waals surface area contributed by atoms with E-state index in [1.165, 1.54) is 12.8 Å². The summed E-state index contributed by atoms with van der Waals surface area (Å²) in [6.45, 7) is 2.01. The van der Waals surface area contributed by atoms with Crippen LogP contribution in [0.4, 0.5) is 0 Å². The fraction of sp³-hybridized carbons (Fsp3) is 0.857. The van der Waals surface area contributed by atoms with Crippen molar-refractivity contribution in [1.29, 1.82) is 0 Å². The first kappa shape index (κ1) is 6.16. The summed E-state index contributed by atoms with van der Waals surface area (Å²) >= 11 is 0. The summed E-state index contributed by atoms with van der Waals surface area (Å²) in [7, 11) is 0. The van der Waals surface area contributed by atoms with Crippen LogP contribution in [-0.4, -0.2) is 35.0 Å². The van der Waals surface area contributed by atoms with Gasteiger partial charge in [-0.3, -0.25) is 4.90 Å². The number of hydrogen-bond acceptors (Lipinski definition) is 3. The highest BCUT2D eigenvalue weighted by molar-refractivity contribution is 5.87. The van der Waals surface area contributed by atoms with Gasteiger partial charge in [-0.15, -0.1) is 0 Å². The van der Waals surface area contributed by atoms with E-state index in [1.54, 1.807) is 0 Å². The lowest BCUT2D eigenvalue weighted by Gasteiger charge is -2.10. The molecule has 10 heavy (non-hydrogen) atoms. The van der Waals surface area contributed by atoms with Crippen LogP contribution in [0.15, 0.2) is 5.16 Å². The largest absolute Gasteiger partial charge is 0.411 e. The Hall–Kier alpha value is -0.570. The fourth-order valence-electron chi connectivity index (χ4n) is 1.50. The first-order valence-electron chi connectivity index (χ1n) is 3.84. The smallest absolute Gasteiger partial charge is 0.0723 e. The standard InChI is InChI=1S/C7H12N2O/c10-8-6-3-4-9(5-6)7-1-2-7/h7,10H,1-5H2/b8-6+. The first-order chi connectivity index (χ1) is 4.90. The first-order valence-corrected chi connectivity index (χ1v) is 3.84. The van der Waals surface area contributed by atoms with E-state index in [0.717, 1.165) is 31.3 Å². The SMILES string of the molecule is O/N=C1\CCN(C2CC2)C1. The molecule has 1 aliphatic heterocycles. The third-order valence-electron chi connectivity index (χ3n) is 2.28. The predicted molar refractivity (Wildman–Crippen MR) is 38.4 cm³/mol. The predicted octanol–water partition coefficient (Wildman–Crippen LogP) is 0.685. The summed E-state index contributed by atoms with van der Waals surface area (Å²) in [4.78, 5) is 2.40. The topological polar surface area (TPSA) is 35.8 Å². The van der Waals surface area contributed by atoms with Crippen LogP contribution in [-0.2, 0) is 0 Å². The minimum absolute atomic E-state index is 0.819. The summed E-state index contributed by atoms with van der Waals surface area (Å²) in [5.74, 6) is 0. The lowest BCUT2D eigenvalue weighted by Crippen LogP contribution is -2.22. The molecule has 1 saturated carbocycles. The molecule has 0 aromatic carbocycles. The molecule has 1 saturated heterocycles. The molecule has 3 heteroatoms. The Kier molecular flexibility index (Phi) is 1.38. The van der Waals surface area contributed by atoms with Crippen LogP contribution in [0.5, 0.6) is 0 Å². The van der Waals surface area contributed by atoms with Gasteiger partial charge in [0.05, 0.1) is 5.71 Å². The van der Waals surface area contributed by atoms with Crippen molar-refractivity contribution in [2.45, 2.75) is 25.3 Å². The summed E-state index contributed by atoms with van der Waals surface area (Å²) in [5.41, 5.74) is 0.951. The molecule has 2 fully saturated rings. The molecule has 0 radical (unpaired) electrons. The van der Waals surface area contributed by atoms with E-state index in [9.17, 15) is 0 Å². The van der Waals surface area contributed by atoms with Gasteiger partial charge in [0, 0.05) is 25.6 Å². The Morgan fingerprint density at radius 2 is 2.30 bits per heavy atom. The van der Waals surface area contributed by atoms with Crippen molar-refractivity contribution >= 4 is 5.71 Å². The maximum atomic E-state index is 8.45. The molecule has 0 amide bonds. The molecule has 1 N–H and O–H groups in total. The molecular formula is C7H12N2O. The zero-order chi connectivity index (χ0) is 6.97. The Bertz CT molecular complexity index is 163. The zero-order valence-corrected chi connectivity index (χ0v) is 5.95. The van der Waals surface area contributed by atoms with Crippen LogP contribution < -0.4 is 0 Å². The average Bonchev–Trinajstić information content (AvgIpc) is 2.70. The van der Waals surface area contributed by atoms with Crippen LogP contribution >= 0.6 is 0 Å². The van der Waals surface area contributed by atoms with Gasteiger partial charge in [0.2, 0.25) is 0 Å². The third kappa shape index (κ3) is 1.01. The van der Waals surface area contributed by atoms with E-state index < -0.39 is 0 Å². The van der Waals surface area contributed by atoms with E-state index in [4.69, 9.17) is 5.21 Å². The molecule has 1 heterocycles. The van der Waals surface area contributed by atoms with Crippen LogP contribution in [0.3, 0.4) is 0 Å². The van der Waals surface area contributed by atoms with E-state index in [0.29, 0.717) is 0 Å². The number of hydrogen-bond donors (Lipinski definition) is 1. The second kappa shape index (κ2) is 2.23. The van der Waals surface area contributed by atoms with Gasteiger partial charge in [0.15, 0.2) is 0 Å². The zero-order valence-electron chi connectivity index (χ0n) is 5.95. The Balaban J connectivity index is 1.92. The van der Waals surface area contributed by atoms with E-state index in [2.05, 4.69) is 10.1 Å². The normalized spacial score (nSPS) is 31.8. The summed E-state index contributed by atoms with van der Waals surface area (Å²) in [5, 5.41) is 11.7. The lowest BCUT2D eigenvalue weighted by atomic mass is 10.3. The lowest BCUT2D eigenvalue weighted by molar-refractivity contribution is 0.313. The Morgan fingerprint density at radius 3 is 2.80 bits per heavy atom. The molecule has 0 aromatic rings. The monoisotopic (exact) mass is 140 g/mol. The molecule has 0 atom stereocenters. The van der Waals surface area contributed by atoms with Crippen molar-refractivity contribution in [3.05, 3.63) is 0 Å². The summed E-state index contributed by atoms with van der Waals surface area (Å²) in [6, 6.07) is 0.819. The molecule has 2 rings (SSSR count). The maximum absolute atomic E-state index is 8.45. The van der Waals surface area contributed by atoms with Gasteiger partial charge in [-0.1, -0.05) is 5.16 Å². The van der Waals surface area contributed by atoms with E-state index >= 15 is 0 Å². The van der Waals surface area contributed by atoms with Crippen LogP contribution in [0.2, 0.25) is 0 Å². The van der Waals surface area contributed by atoms with Crippen molar-refractivity contribution in [1.82, 2.24) is 4.90 Å². The molecular weight excluding hydrogens is 128 g/mol. The highest BCUT2D eigenvalue weighted by atomic mass is 16.4. The Morgan fingerprint density at radius 1 is 1.50 bits per heavy atom. The van der Waals surface area contributed by atoms with Gasteiger partial charge in [0.1, 0.15) is 0 Å². The average molecular weight is 140 g/mol. The van der Waals surface area contributed by atoms with Gasteiger partial charge in [-0.2, -0.15) is 0 Å². The van der Waals surface area contributed by atoms with Crippen molar-refractivity contribution in [3.63, 3.8) is 0 Å². The molecule has 0 aromatic heterocycles. The molecule has 2 aliphatic rings. The third-order valence-corrected chi connectivity index (χ3v) is 2.28. The number of likely N-dealkylation sites (tertiary alicyclic amines) is 1. The van der Waals surface area contributed by atoms with Gasteiger partial charge in [0.25, 0.3) is 0 Å². The second-order valence-corrected chi connectivity index (χ2v) is 3.12. The number of rotatable bonds is 1. The summed E-state index contributed by atoms with van der Waals surface area (Å²) < 4.78 is 0. The van der Waals surface area contributed by atoms with Crippen LogP contribution in [0, 0.1) is 0 Å². The molecule has 0 bridgehead atoms. The molecule has 0 spiro atoms. The molecule has 56 valence electrons. The number of oxime groups is 1. The van der Waals surface area contributed by atoms with Gasteiger partial charge in [-0.05, 0) is 12.8 Å². The van der Waals surface area contributed by atoms with E-state index in [1.807, 2.05) is 0 Å². The quantitative estimate of drug-likeness (QED) is 0.429. The van der Waals surface area contributed by atoms with E-state index in [-0.39, 0.29) is 0 Å². The van der Waals surface area contributed by atoms with Crippen molar-refractivity contribution < 1.29 is 5.21 Å². The van der Waals surface area contributed by atoms with Crippen molar-refractivity contribution in [2.24, 2.45) is 5.16 Å². The van der Waals surface area contributed by atoms with Gasteiger partial charge in [-0.25, -0.2) is 0 Å². The highest BCUT2D eigenvalue weighted by Gasteiger charge is 2.32. The molecule has 1 aliphatic carbocycles. The van der Waals surface area contributed by atoms with Gasteiger partial charge >= 0.3 is 0 Å². The van der Waals surface area contributed by atoms with Crippen LogP contribution in [0.1, 0.15) is 19.3 Å². The minimum Gasteiger partial charge on any atom is -0.411 e. The minimum atomic E-state index is 0.819. The van der Waals surface area contributed by atoms with Crippen LogP contribution in [0.25, 0.3) is 0 Å². The van der Waals surface area contributed by atoms with Crippen molar-refractivity contribution in [3.8, 4) is 0 Å². The number of nitrogens with zero attached hydrogens (tertiary/aromatic N) is 2. The second-order valence-electron chi connectivity index (χ2n) is 3.12. The maximum Gasteiger partial charge on any atom is 0.0723 e. The molecule has 0 unspecified atom stereocenters. The molecule has 3 nitrogen and oxygen atoms in total. The fourth-order valence-corrected chi connectivity index (χ4v) is 1.50.